The first-order valence-corrected chi connectivity index (χ1v) is 12.4. The summed E-state index contributed by atoms with van der Waals surface area (Å²) in [6.07, 6.45) is -10.8. The van der Waals surface area contributed by atoms with Crippen LogP contribution in [0.25, 0.3) is 0 Å². The third kappa shape index (κ3) is 5.51. The molecule has 1 saturated carbocycles. The number of alkyl halides is 6. The summed E-state index contributed by atoms with van der Waals surface area (Å²) in [4.78, 5) is 29.4. The monoisotopic (exact) mass is 615 g/mol. The summed E-state index contributed by atoms with van der Waals surface area (Å²) in [6.45, 7) is 0.789. The number of oxime groups is 1. The van der Waals surface area contributed by atoms with Crippen LogP contribution in [0.2, 0.25) is 15.1 Å². The number of carbonyl (C=O) groups excluding carboxylic acids is 2. The van der Waals surface area contributed by atoms with Crippen molar-refractivity contribution >= 4 is 52.3 Å². The lowest BCUT2D eigenvalue weighted by Crippen LogP contribution is -2.50. The van der Waals surface area contributed by atoms with Crippen molar-refractivity contribution in [1.29, 1.82) is 0 Å². The van der Waals surface area contributed by atoms with E-state index < -0.39 is 58.9 Å². The third-order valence-corrected chi connectivity index (χ3v) is 7.52. The molecule has 210 valence electrons. The van der Waals surface area contributed by atoms with Crippen LogP contribution in [0.4, 0.5) is 26.3 Å². The number of aryl methyl sites for hydroxylation is 1. The zero-order valence-electron chi connectivity index (χ0n) is 19.8. The van der Waals surface area contributed by atoms with Crippen LogP contribution in [0, 0.1) is 6.92 Å². The van der Waals surface area contributed by atoms with E-state index in [4.69, 9.17) is 39.6 Å². The van der Waals surface area contributed by atoms with Crippen molar-refractivity contribution in [3.8, 4) is 0 Å². The summed E-state index contributed by atoms with van der Waals surface area (Å²) in [5.74, 6) is -1.77. The molecule has 1 heterocycles. The summed E-state index contributed by atoms with van der Waals surface area (Å²) in [6, 6.07) is 6.18. The van der Waals surface area contributed by atoms with Gasteiger partial charge in [0.2, 0.25) is 5.91 Å². The molecule has 2 amide bonds. The highest BCUT2D eigenvalue weighted by atomic mass is 35.5. The summed E-state index contributed by atoms with van der Waals surface area (Å²) < 4.78 is 82.0. The van der Waals surface area contributed by atoms with Gasteiger partial charge >= 0.3 is 12.4 Å². The van der Waals surface area contributed by atoms with Gasteiger partial charge in [-0.3, -0.25) is 9.59 Å². The molecular formula is C24H18Cl3F6N3O3. The van der Waals surface area contributed by atoms with Crippen molar-refractivity contribution in [2.45, 2.75) is 49.7 Å². The maximum Gasteiger partial charge on any atom is 0.435 e. The lowest BCUT2D eigenvalue weighted by molar-refractivity contribution is -0.275. The van der Waals surface area contributed by atoms with E-state index in [1.807, 2.05) is 5.32 Å². The highest BCUT2D eigenvalue weighted by Crippen LogP contribution is 2.52. The second-order valence-corrected chi connectivity index (χ2v) is 10.4. The molecule has 1 unspecified atom stereocenters. The van der Waals surface area contributed by atoms with Gasteiger partial charge in [-0.05, 0) is 55.2 Å². The lowest BCUT2D eigenvalue weighted by Gasteiger charge is -2.30. The van der Waals surface area contributed by atoms with E-state index in [9.17, 15) is 35.9 Å². The van der Waals surface area contributed by atoms with E-state index in [0.29, 0.717) is 5.56 Å². The van der Waals surface area contributed by atoms with Gasteiger partial charge in [-0.15, -0.1) is 0 Å². The molecule has 39 heavy (non-hydrogen) atoms. The highest BCUT2D eigenvalue weighted by molar-refractivity contribution is 6.43. The van der Waals surface area contributed by atoms with Gasteiger partial charge in [0.25, 0.3) is 11.5 Å². The second-order valence-electron chi connectivity index (χ2n) is 9.22. The molecule has 0 saturated heterocycles. The number of nitrogens with one attached hydrogen (secondary N) is 2. The lowest BCUT2D eigenvalue weighted by atomic mass is 9.86. The Labute approximate surface area is 232 Å². The molecule has 0 radical (unpaired) electrons. The molecule has 2 N–H and O–H groups in total. The topological polar surface area (TPSA) is 79.8 Å². The molecule has 6 nitrogen and oxygen atoms in total. The molecule has 2 aromatic rings. The Morgan fingerprint density at radius 2 is 1.69 bits per heavy atom. The van der Waals surface area contributed by atoms with E-state index in [1.54, 1.807) is 0 Å². The summed E-state index contributed by atoms with van der Waals surface area (Å²) in [7, 11) is 0. The zero-order chi connectivity index (χ0) is 29.0. The van der Waals surface area contributed by atoms with E-state index in [0.717, 1.165) is 6.07 Å². The van der Waals surface area contributed by atoms with Gasteiger partial charge in [0.05, 0.1) is 28.7 Å². The van der Waals surface area contributed by atoms with Gasteiger partial charge in [0.1, 0.15) is 5.54 Å². The molecule has 1 aliphatic heterocycles. The number of nitrogens with zero attached hydrogens (tertiary/aromatic N) is 1. The molecular weight excluding hydrogens is 599 g/mol. The molecule has 1 aliphatic carbocycles. The molecule has 2 aromatic carbocycles. The van der Waals surface area contributed by atoms with Crippen LogP contribution in [0.5, 0.6) is 0 Å². The number of hydrogen-bond acceptors (Lipinski definition) is 4. The first-order chi connectivity index (χ1) is 18.0. The molecule has 1 atom stereocenters. The smallest absolute Gasteiger partial charge is 0.374 e. The Kier molecular flexibility index (Phi) is 7.54. The van der Waals surface area contributed by atoms with Crippen LogP contribution in [0.1, 0.15) is 46.3 Å². The number of amides is 2. The quantitative estimate of drug-likeness (QED) is 0.288. The highest BCUT2D eigenvalue weighted by Gasteiger charge is 2.64. The average molecular weight is 617 g/mol. The number of halogens is 9. The largest absolute Gasteiger partial charge is 0.435 e. The zero-order valence-corrected chi connectivity index (χ0v) is 22.1. The van der Waals surface area contributed by atoms with Crippen molar-refractivity contribution in [2.75, 3.05) is 6.54 Å². The van der Waals surface area contributed by atoms with Crippen molar-refractivity contribution in [3.05, 3.63) is 67.7 Å². The first kappa shape index (κ1) is 29.3. The van der Waals surface area contributed by atoms with Gasteiger partial charge in [-0.2, -0.15) is 26.3 Å². The minimum Gasteiger partial charge on any atom is -0.374 e. The fraction of sp³-hybridized carbons (Fsp3) is 0.375. The minimum absolute atomic E-state index is 0.0507. The van der Waals surface area contributed by atoms with E-state index in [2.05, 4.69) is 10.5 Å². The van der Waals surface area contributed by atoms with E-state index in [1.165, 1.54) is 31.2 Å². The summed E-state index contributed by atoms with van der Waals surface area (Å²) >= 11 is 17.9. The Bertz CT molecular complexity index is 1380. The first-order valence-electron chi connectivity index (χ1n) is 11.2. The summed E-state index contributed by atoms with van der Waals surface area (Å²) in [5, 5.41) is 7.08. The molecule has 15 heteroatoms. The van der Waals surface area contributed by atoms with Crippen LogP contribution < -0.4 is 10.6 Å². The van der Waals surface area contributed by atoms with Crippen LogP contribution in [0.3, 0.4) is 0 Å². The van der Waals surface area contributed by atoms with Crippen LogP contribution in [0.15, 0.2) is 35.5 Å². The van der Waals surface area contributed by atoms with Gasteiger partial charge in [-0.25, -0.2) is 0 Å². The predicted octanol–water partition coefficient (Wildman–Crippen LogP) is 6.48. The predicted molar refractivity (Wildman–Crippen MR) is 131 cm³/mol. The number of benzene rings is 2. The molecule has 4 rings (SSSR count). The Morgan fingerprint density at radius 1 is 1.03 bits per heavy atom. The number of hydrogen-bond donors (Lipinski definition) is 2. The van der Waals surface area contributed by atoms with E-state index >= 15 is 0 Å². The maximum atomic E-state index is 14.3. The Morgan fingerprint density at radius 3 is 2.26 bits per heavy atom. The average Bonchev–Trinajstić information content (AvgIpc) is 3.47. The fourth-order valence-electron chi connectivity index (χ4n) is 4.16. The summed E-state index contributed by atoms with van der Waals surface area (Å²) in [5.41, 5.74) is -5.29. The Hall–Kier alpha value is -2.70. The molecule has 2 aliphatic rings. The number of carbonyl (C=O) groups is 2. The molecule has 0 bridgehead atoms. The van der Waals surface area contributed by atoms with Crippen LogP contribution >= 0.6 is 34.8 Å². The van der Waals surface area contributed by atoms with Gasteiger partial charge < -0.3 is 15.5 Å². The Balaban J connectivity index is 1.49. The van der Waals surface area contributed by atoms with Crippen molar-refractivity contribution < 1.29 is 40.8 Å². The van der Waals surface area contributed by atoms with Gasteiger partial charge in [-0.1, -0.05) is 46.0 Å². The standard InChI is InChI=1S/C24H18Cl3F6N3O3/c1-11-6-12(2-3-14(11)20(38)34-10-18(37)35-21(4-5-21)23(28,29)30)17-9-22(39-36-17,24(31,32)33)15-7-13(25)8-16(26)19(15)27/h2-3,6-8H,4-5,9-10H2,1H3,(H,34,38)(H,35,37). The van der Waals surface area contributed by atoms with Gasteiger partial charge in [0, 0.05) is 16.1 Å². The molecule has 0 spiro atoms. The molecule has 1 fully saturated rings. The van der Waals surface area contributed by atoms with Crippen molar-refractivity contribution in [3.63, 3.8) is 0 Å². The second kappa shape index (κ2) is 10.0. The fourth-order valence-corrected chi connectivity index (χ4v) is 4.91. The minimum atomic E-state index is -4.98. The molecule has 0 aromatic heterocycles. The SMILES string of the molecule is Cc1cc(C2=NOC(c3cc(Cl)cc(Cl)c3Cl)(C(F)(F)F)C2)ccc1C(=O)NCC(=O)NC1(C(F)(F)F)CC1. The maximum absolute atomic E-state index is 14.3. The van der Waals surface area contributed by atoms with E-state index in [-0.39, 0.29) is 39.7 Å². The van der Waals surface area contributed by atoms with Crippen molar-refractivity contribution in [2.24, 2.45) is 5.16 Å². The van der Waals surface area contributed by atoms with Crippen LogP contribution in [-0.4, -0.2) is 42.0 Å². The normalized spacial score (nSPS) is 20.2. The van der Waals surface area contributed by atoms with Crippen molar-refractivity contribution in [1.82, 2.24) is 10.6 Å². The van der Waals surface area contributed by atoms with Gasteiger partial charge in [0.15, 0.2) is 0 Å². The van der Waals surface area contributed by atoms with Crippen LogP contribution in [-0.2, 0) is 15.2 Å². The third-order valence-electron chi connectivity index (χ3n) is 6.50. The number of rotatable bonds is 6.